The van der Waals surface area contributed by atoms with Gasteiger partial charge in [-0.3, -0.25) is 9.88 Å². The van der Waals surface area contributed by atoms with E-state index < -0.39 is 11.7 Å². The number of likely N-dealkylation sites (tertiary alicyclic amines) is 1. The molecule has 8 nitrogen and oxygen atoms in total. The number of fused-ring (bicyclic) bond motifs is 1. The Kier molecular flexibility index (Phi) is 8.92. The van der Waals surface area contributed by atoms with Crippen molar-refractivity contribution in [1.82, 2.24) is 14.8 Å². The molecule has 1 aromatic heterocycles. The van der Waals surface area contributed by atoms with Crippen molar-refractivity contribution in [2.24, 2.45) is 0 Å². The zero-order chi connectivity index (χ0) is 28.3. The summed E-state index contributed by atoms with van der Waals surface area (Å²) in [7, 11) is 0. The summed E-state index contributed by atoms with van der Waals surface area (Å²) in [6.45, 7) is 6.04. The Hall–Kier alpha value is -2.76. The first kappa shape index (κ1) is 28.8. The number of rotatable bonds is 6. The van der Waals surface area contributed by atoms with Crippen LogP contribution in [0.15, 0.2) is 24.4 Å². The van der Waals surface area contributed by atoms with Crippen LogP contribution in [0.25, 0.3) is 11.3 Å². The van der Waals surface area contributed by atoms with E-state index >= 15 is 0 Å². The molecule has 3 aliphatic rings. The van der Waals surface area contributed by atoms with Crippen LogP contribution in [0.3, 0.4) is 0 Å². The molecule has 1 atom stereocenters. The largest absolute Gasteiger partial charge is 0.488 e. The second kappa shape index (κ2) is 12.4. The number of halogens is 4. The Morgan fingerprint density at radius 3 is 2.62 bits per heavy atom. The van der Waals surface area contributed by atoms with Gasteiger partial charge in [-0.25, -0.2) is 4.79 Å². The normalized spacial score (nSPS) is 20.5. The lowest BCUT2D eigenvalue weighted by molar-refractivity contribution is -0.137. The van der Waals surface area contributed by atoms with Gasteiger partial charge in [-0.15, -0.1) is 0 Å². The van der Waals surface area contributed by atoms with Gasteiger partial charge in [0.2, 0.25) is 0 Å². The lowest BCUT2D eigenvalue weighted by Gasteiger charge is -2.37. The number of aromatic nitrogens is 1. The number of hydrogen-bond donors (Lipinski definition) is 0. The van der Waals surface area contributed by atoms with Crippen molar-refractivity contribution in [1.29, 1.82) is 0 Å². The zero-order valence-electron chi connectivity index (χ0n) is 22.3. The van der Waals surface area contributed by atoms with Gasteiger partial charge in [0.25, 0.3) is 0 Å². The van der Waals surface area contributed by atoms with Crippen LogP contribution in [0.2, 0.25) is 5.02 Å². The van der Waals surface area contributed by atoms with Gasteiger partial charge in [0.15, 0.2) is 11.5 Å². The third-order valence-corrected chi connectivity index (χ3v) is 7.82. The van der Waals surface area contributed by atoms with Crippen LogP contribution < -0.4 is 9.47 Å². The molecule has 40 heavy (non-hydrogen) atoms. The van der Waals surface area contributed by atoms with Crippen molar-refractivity contribution in [2.45, 2.75) is 57.5 Å². The lowest BCUT2D eigenvalue weighted by Crippen LogP contribution is -2.47. The van der Waals surface area contributed by atoms with Crippen molar-refractivity contribution in [2.75, 3.05) is 46.1 Å². The minimum Gasteiger partial charge on any atom is -0.488 e. The van der Waals surface area contributed by atoms with Gasteiger partial charge in [0, 0.05) is 56.2 Å². The number of ether oxygens (including phenoxy) is 4. The van der Waals surface area contributed by atoms with Crippen molar-refractivity contribution in [3.8, 4) is 22.8 Å². The maximum Gasteiger partial charge on any atom is 0.417 e. The molecule has 4 heterocycles. The number of nitrogens with zero attached hydrogens (tertiary/aromatic N) is 3. The molecule has 12 heteroatoms. The van der Waals surface area contributed by atoms with Crippen LogP contribution in [0.5, 0.6) is 11.5 Å². The predicted molar refractivity (Wildman–Crippen MR) is 142 cm³/mol. The molecule has 0 saturated carbocycles. The Bertz CT molecular complexity index is 1200. The van der Waals surface area contributed by atoms with E-state index in [-0.39, 0.29) is 29.0 Å². The summed E-state index contributed by atoms with van der Waals surface area (Å²) in [4.78, 5) is 20.3. The average Bonchev–Trinajstić information content (AvgIpc) is 3.36. The molecular weight excluding hydrogens is 551 g/mol. The zero-order valence-corrected chi connectivity index (χ0v) is 23.1. The van der Waals surface area contributed by atoms with E-state index in [1.54, 1.807) is 17.9 Å². The molecule has 0 radical (unpaired) electrons. The quantitative estimate of drug-likeness (QED) is 0.426. The molecule has 3 aliphatic heterocycles. The van der Waals surface area contributed by atoms with Crippen LogP contribution in [-0.2, 0) is 22.2 Å². The molecule has 0 N–H and O–H groups in total. The van der Waals surface area contributed by atoms with E-state index in [4.69, 9.17) is 30.5 Å². The van der Waals surface area contributed by atoms with Crippen LogP contribution in [-0.4, -0.2) is 79.1 Å². The second-order valence-corrected chi connectivity index (χ2v) is 10.6. The summed E-state index contributed by atoms with van der Waals surface area (Å²) >= 11 is 6.32. The number of benzene rings is 1. The maximum atomic E-state index is 13.2. The van der Waals surface area contributed by atoms with E-state index in [0.717, 1.165) is 43.5 Å². The number of amides is 1. The molecule has 0 bridgehead atoms. The highest BCUT2D eigenvalue weighted by Crippen LogP contribution is 2.41. The summed E-state index contributed by atoms with van der Waals surface area (Å²) in [6.07, 6.45) is -0.617. The van der Waals surface area contributed by atoms with Gasteiger partial charge in [0.05, 0.1) is 29.0 Å². The smallest absolute Gasteiger partial charge is 0.417 e. The van der Waals surface area contributed by atoms with Gasteiger partial charge in [-0.2, -0.15) is 13.2 Å². The number of piperidine rings is 1. The minimum atomic E-state index is -4.55. The molecule has 2 saturated heterocycles. The number of carbonyl (C=O) groups is 1. The molecular formula is C28H33ClF3N3O5. The van der Waals surface area contributed by atoms with Crippen molar-refractivity contribution < 1.29 is 36.9 Å². The predicted octanol–water partition coefficient (Wildman–Crippen LogP) is 5.79. The molecule has 2 aromatic rings. The summed E-state index contributed by atoms with van der Waals surface area (Å²) in [5.74, 6) is 1.09. The molecule has 0 unspecified atom stereocenters. The number of alkyl halides is 3. The molecule has 0 spiro atoms. The highest BCUT2D eigenvalue weighted by Gasteiger charge is 2.33. The number of pyridine rings is 1. The first-order valence-corrected chi connectivity index (χ1v) is 14.0. The van der Waals surface area contributed by atoms with Crippen molar-refractivity contribution >= 4 is 17.7 Å². The molecule has 1 aromatic carbocycles. The second-order valence-electron chi connectivity index (χ2n) is 10.2. The van der Waals surface area contributed by atoms with E-state index in [1.165, 1.54) is 0 Å². The van der Waals surface area contributed by atoms with Crippen molar-refractivity contribution in [3.05, 3.63) is 40.5 Å². The number of hydrogen-bond acceptors (Lipinski definition) is 7. The molecule has 218 valence electrons. The first-order chi connectivity index (χ1) is 19.2. The highest BCUT2D eigenvalue weighted by molar-refractivity contribution is 6.33. The SMILES string of the molecule is CCOC(=O)N1CCC(N2CCOc3c(cc(-c4ncc(C(F)(F)F)cc4Cl)cc3OC[C@@H]3CCCO3)C2)CC1. The van der Waals surface area contributed by atoms with Crippen molar-refractivity contribution in [3.63, 3.8) is 0 Å². The number of carbonyl (C=O) groups excluding carboxylic acids is 1. The van der Waals surface area contributed by atoms with E-state index in [2.05, 4.69) is 9.88 Å². The Morgan fingerprint density at radius 1 is 1.15 bits per heavy atom. The van der Waals surface area contributed by atoms with Crippen LogP contribution in [0, 0.1) is 0 Å². The molecule has 0 aliphatic carbocycles. The Morgan fingerprint density at radius 2 is 1.95 bits per heavy atom. The molecule has 1 amide bonds. The third kappa shape index (κ3) is 6.58. The fourth-order valence-corrected chi connectivity index (χ4v) is 5.73. The third-order valence-electron chi connectivity index (χ3n) is 7.53. The molecule has 2 fully saturated rings. The fraction of sp³-hybridized carbons (Fsp3) is 0.571. The van der Waals surface area contributed by atoms with E-state index in [1.807, 2.05) is 6.07 Å². The summed E-state index contributed by atoms with van der Waals surface area (Å²) in [5.41, 5.74) is 0.706. The van der Waals surface area contributed by atoms with E-state index in [9.17, 15) is 18.0 Å². The Balaban J connectivity index is 1.41. The van der Waals surface area contributed by atoms with Crippen LogP contribution in [0.1, 0.15) is 43.7 Å². The Labute approximate surface area is 236 Å². The standard InChI is InChI=1S/C28H33ClF3N3O5/c1-2-37-27(36)34-7-5-21(6-8-34)35-9-11-39-26-19(16-35)12-18(13-24(26)40-17-22-4-3-10-38-22)25-23(29)14-20(15-33-25)28(30,31)32/h12-15,21-22H,2-11,16-17H2,1H3/t22-/m0/s1. The van der Waals surface area contributed by atoms with Gasteiger partial charge in [-0.05, 0) is 50.8 Å². The van der Waals surface area contributed by atoms with Gasteiger partial charge in [0.1, 0.15) is 13.2 Å². The van der Waals surface area contributed by atoms with Gasteiger partial charge >= 0.3 is 12.3 Å². The summed E-state index contributed by atoms with van der Waals surface area (Å²) in [6, 6.07) is 4.71. The molecule has 5 rings (SSSR count). The van der Waals surface area contributed by atoms with Crippen LogP contribution in [0.4, 0.5) is 18.0 Å². The summed E-state index contributed by atoms with van der Waals surface area (Å²) < 4.78 is 62.9. The minimum absolute atomic E-state index is 0.0288. The average molecular weight is 584 g/mol. The first-order valence-electron chi connectivity index (χ1n) is 13.7. The fourth-order valence-electron chi connectivity index (χ4n) is 5.45. The maximum absolute atomic E-state index is 13.2. The van der Waals surface area contributed by atoms with Gasteiger partial charge < -0.3 is 23.8 Å². The lowest BCUT2D eigenvalue weighted by atomic mass is 10.0. The van der Waals surface area contributed by atoms with E-state index in [0.29, 0.717) is 69.7 Å². The monoisotopic (exact) mass is 583 g/mol. The topological polar surface area (TPSA) is 73.4 Å². The highest BCUT2D eigenvalue weighted by atomic mass is 35.5. The van der Waals surface area contributed by atoms with Crippen LogP contribution >= 0.6 is 11.6 Å². The van der Waals surface area contributed by atoms with Gasteiger partial charge in [-0.1, -0.05) is 11.6 Å². The summed E-state index contributed by atoms with van der Waals surface area (Å²) in [5, 5.41) is -0.0995.